The summed E-state index contributed by atoms with van der Waals surface area (Å²) >= 11 is 11.6. The van der Waals surface area contributed by atoms with Crippen LogP contribution in [0.5, 0.6) is 0 Å². The van der Waals surface area contributed by atoms with Gasteiger partial charge in [-0.1, -0.05) is 72.3 Å². The zero-order chi connectivity index (χ0) is 19.2. The van der Waals surface area contributed by atoms with Crippen LogP contribution in [0.25, 0.3) is 0 Å². The van der Waals surface area contributed by atoms with Crippen molar-refractivity contribution in [3.63, 3.8) is 0 Å². The molecule has 27 heavy (non-hydrogen) atoms. The molecule has 0 aliphatic carbocycles. The molecule has 138 valence electrons. The summed E-state index contributed by atoms with van der Waals surface area (Å²) in [5.41, 5.74) is 2.97. The molecule has 5 heteroatoms. The van der Waals surface area contributed by atoms with Crippen molar-refractivity contribution in [1.29, 1.82) is 0 Å². The maximum atomic E-state index is 13.4. The van der Waals surface area contributed by atoms with Gasteiger partial charge in [-0.2, -0.15) is 0 Å². The molecule has 0 spiro atoms. The molecule has 0 aliphatic rings. The van der Waals surface area contributed by atoms with Crippen LogP contribution in [0.15, 0.2) is 78.9 Å². The second-order valence-corrected chi connectivity index (χ2v) is 7.05. The molecule has 1 unspecified atom stereocenters. The molecule has 2 nitrogen and oxygen atoms in total. The van der Waals surface area contributed by atoms with Crippen molar-refractivity contribution >= 4 is 34.6 Å². The van der Waals surface area contributed by atoms with Crippen LogP contribution in [-0.4, -0.2) is 10.0 Å². The highest BCUT2D eigenvalue weighted by atomic mass is 35.5. The molecule has 3 aromatic rings. The van der Waals surface area contributed by atoms with Gasteiger partial charge in [0.15, 0.2) is 5.11 Å². The van der Waals surface area contributed by atoms with E-state index >= 15 is 0 Å². The summed E-state index contributed by atoms with van der Waals surface area (Å²) in [6.45, 7) is 2.77. The van der Waals surface area contributed by atoms with Gasteiger partial charge in [0.05, 0.1) is 11.1 Å². The highest BCUT2D eigenvalue weighted by Gasteiger charge is 2.19. The van der Waals surface area contributed by atoms with Crippen LogP contribution in [0.2, 0.25) is 5.02 Å². The molecule has 0 heterocycles. The Labute approximate surface area is 169 Å². The zero-order valence-corrected chi connectivity index (χ0v) is 16.5. The Kier molecular flexibility index (Phi) is 6.43. The van der Waals surface area contributed by atoms with Crippen molar-refractivity contribution in [1.82, 2.24) is 4.90 Å². The molecule has 1 N–H and O–H groups in total. The average molecular weight is 399 g/mol. The first-order valence-corrected chi connectivity index (χ1v) is 9.45. The lowest BCUT2D eigenvalue weighted by Crippen LogP contribution is -2.36. The Bertz CT molecular complexity index is 903. The summed E-state index contributed by atoms with van der Waals surface area (Å²) in [6, 6.07) is 24.9. The van der Waals surface area contributed by atoms with E-state index in [0.717, 1.165) is 11.1 Å². The summed E-state index contributed by atoms with van der Waals surface area (Å²) in [5.74, 6) is -0.452. The minimum Gasteiger partial charge on any atom is -0.338 e. The molecule has 0 aliphatic heterocycles. The number of nitrogens with zero attached hydrogens (tertiary/aromatic N) is 1. The highest BCUT2D eigenvalue weighted by Crippen LogP contribution is 2.25. The van der Waals surface area contributed by atoms with Gasteiger partial charge in [-0.3, -0.25) is 0 Å². The number of hydrogen-bond donors (Lipinski definition) is 1. The first-order chi connectivity index (χ1) is 13.0. The van der Waals surface area contributed by atoms with Gasteiger partial charge < -0.3 is 10.2 Å². The fourth-order valence-electron chi connectivity index (χ4n) is 2.85. The van der Waals surface area contributed by atoms with Gasteiger partial charge in [-0.25, -0.2) is 4.39 Å². The van der Waals surface area contributed by atoms with Crippen LogP contribution in [-0.2, 0) is 6.54 Å². The largest absolute Gasteiger partial charge is 0.338 e. The van der Waals surface area contributed by atoms with E-state index in [0.29, 0.717) is 17.3 Å². The lowest BCUT2D eigenvalue weighted by atomic mass is 10.1. The normalized spacial score (nSPS) is 11.7. The molecular formula is C22H20ClFN2S. The average Bonchev–Trinajstić information content (AvgIpc) is 2.70. The molecule has 3 rings (SSSR count). The Morgan fingerprint density at radius 1 is 1.04 bits per heavy atom. The molecule has 0 fully saturated rings. The summed E-state index contributed by atoms with van der Waals surface area (Å²) < 4.78 is 13.4. The molecule has 0 saturated carbocycles. The molecule has 0 bridgehead atoms. The Hall–Kier alpha value is -2.43. The number of benzene rings is 3. The van der Waals surface area contributed by atoms with E-state index in [9.17, 15) is 4.39 Å². The maximum absolute atomic E-state index is 13.4. The molecular weight excluding hydrogens is 379 g/mol. The van der Waals surface area contributed by atoms with Crippen molar-refractivity contribution in [3.8, 4) is 0 Å². The number of thiocarbonyl (C=S) groups is 1. The number of halogens is 2. The molecule has 3 aromatic carbocycles. The Morgan fingerprint density at radius 2 is 1.67 bits per heavy atom. The lowest BCUT2D eigenvalue weighted by molar-refractivity contribution is 0.334. The zero-order valence-electron chi connectivity index (χ0n) is 14.9. The summed E-state index contributed by atoms with van der Waals surface area (Å²) in [6.07, 6.45) is 0. The number of rotatable bonds is 5. The van der Waals surface area contributed by atoms with Crippen molar-refractivity contribution in [2.45, 2.75) is 19.5 Å². The third-order valence-electron chi connectivity index (χ3n) is 4.38. The van der Waals surface area contributed by atoms with Crippen LogP contribution in [0, 0.1) is 5.82 Å². The van der Waals surface area contributed by atoms with Gasteiger partial charge >= 0.3 is 0 Å². The molecule has 0 amide bonds. The van der Waals surface area contributed by atoms with Crippen molar-refractivity contribution in [3.05, 3.63) is 101 Å². The number of anilines is 1. The van der Waals surface area contributed by atoms with Gasteiger partial charge in [0.2, 0.25) is 0 Å². The van der Waals surface area contributed by atoms with E-state index in [-0.39, 0.29) is 11.1 Å². The second-order valence-electron chi connectivity index (χ2n) is 6.26. The molecule has 0 aromatic heterocycles. The van der Waals surface area contributed by atoms with Crippen molar-refractivity contribution in [2.24, 2.45) is 0 Å². The first kappa shape index (κ1) is 19.3. The SMILES string of the molecule is CC(c1ccccc1)N(Cc1ccccc1)C(=S)Nc1ccc(F)c(Cl)c1. The van der Waals surface area contributed by atoms with Crippen LogP contribution in [0.3, 0.4) is 0 Å². The quantitative estimate of drug-likeness (QED) is 0.498. The second kappa shape index (κ2) is 8.98. The van der Waals surface area contributed by atoms with E-state index in [1.165, 1.54) is 12.1 Å². The van der Waals surface area contributed by atoms with Crippen LogP contribution in [0.1, 0.15) is 24.1 Å². The van der Waals surface area contributed by atoms with Crippen LogP contribution < -0.4 is 5.32 Å². The van der Waals surface area contributed by atoms with Gasteiger partial charge in [-0.15, -0.1) is 0 Å². The highest BCUT2D eigenvalue weighted by molar-refractivity contribution is 7.80. The van der Waals surface area contributed by atoms with E-state index in [4.69, 9.17) is 23.8 Å². The van der Waals surface area contributed by atoms with E-state index in [2.05, 4.69) is 41.4 Å². The minimum atomic E-state index is -0.452. The van der Waals surface area contributed by atoms with E-state index in [1.807, 2.05) is 36.4 Å². The summed E-state index contributed by atoms with van der Waals surface area (Å²) in [4.78, 5) is 2.11. The van der Waals surface area contributed by atoms with Gasteiger partial charge in [-0.05, 0) is 48.5 Å². The molecule has 0 saturated heterocycles. The predicted octanol–water partition coefficient (Wildman–Crippen LogP) is 6.44. The first-order valence-electron chi connectivity index (χ1n) is 8.66. The van der Waals surface area contributed by atoms with Crippen molar-refractivity contribution < 1.29 is 4.39 Å². The fourth-order valence-corrected chi connectivity index (χ4v) is 3.37. The monoisotopic (exact) mass is 398 g/mol. The molecule has 1 atom stereocenters. The number of nitrogens with one attached hydrogen (secondary N) is 1. The minimum absolute atomic E-state index is 0.0577. The Morgan fingerprint density at radius 3 is 2.30 bits per heavy atom. The summed E-state index contributed by atoms with van der Waals surface area (Å²) in [7, 11) is 0. The number of hydrogen-bond acceptors (Lipinski definition) is 1. The van der Waals surface area contributed by atoms with Crippen LogP contribution in [0.4, 0.5) is 10.1 Å². The third kappa shape index (κ3) is 5.06. The van der Waals surface area contributed by atoms with E-state index < -0.39 is 5.82 Å². The lowest BCUT2D eigenvalue weighted by Gasteiger charge is -2.32. The van der Waals surface area contributed by atoms with Crippen molar-refractivity contribution in [2.75, 3.05) is 5.32 Å². The Balaban J connectivity index is 1.85. The van der Waals surface area contributed by atoms with Gasteiger partial charge in [0.1, 0.15) is 5.82 Å². The third-order valence-corrected chi connectivity index (χ3v) is 5.00. The summed E-state index contributed by atoms with van der Waals surface area (Å²) in [5, 5.41) is 3.80. The smallest absolute Gasteiger partial charge is 0.174 e. The standard InChI is InChI=1S/C22H20ClFN2S/c1-16(18-10-6-3-7-11-18)26(15-17-8-4-2-5-9-17)22(27)25-19-12-13-21(24)20(23)14-19/h2-14,16H,15H2,1H3,(H,25,27). The van der Waals surface area contributed by atoms with Gasteiger partial charge in [0.25, 0.3) is 0 Å². The van der Waals surface area contributed by atoms with Gasteiger partial charge in [0, 0.05) is 12.2 Å². The fraction of sp³-hybridized carbons (Fsp3) is 0.136. The van der Waals surface area contributed by atoms with Crippen LogP contribution >= 0.6 is 23.8 Å². The maximum Gasteiger partial charge on any atom is 0.174 e. The van der Waals surface area contributed by atoms with E-state index in [1.54, 1.807) is 6.07 Å². The molecule has 0 radical (unpaired) electrons. The topological polar surface area (TPSA) is 15.3 Å². The predicted molar refractivity (Wildman–Crippen MR) is 114 cm³/mol.